The zero-order valence-electron chi connectivity index (χ0n) is 14.9. The van der Waals surface area contributed by atoms with Gasteiger partial charge in [-0.3, -0.25) is 4.79 Å². The smallest absolute Gasteiger partial charge is 0.331 e. The number of carbonyl (C=O) groups is 1. The van der Waals surface area contributed by atoms with Crippen molar-refractivity contribution < 1.29 is 18.0 Å². The molecular weight excluding hydrogens is 395 g/mol. The van der Waals surface area contributed by atoms with Crippen LogP contribution in [0, 0.1) is 11.8 Å². The van der Waals surface area contributed by atoms with E-state index in [0.29, 0.717) is 11.4 Å². The van der Waals surface area contributed by atoms with Crippen LogP contribution in [0.3, 0.4) is 0 Å². The molecule has 1 aromatic rings. The first-order chi connectivity index (χ1) is 12.8. The van der Waals surface area contributed by atoms with Gasteiger partial charge in [-0.2, -0.15) is 13.2 Å². The minimum absolute atomic E-state index is 0.0152. The SMILES string of the molecule is C=CC[C@H]1CCC(c2ccc(Cl)cc2)N(C(CSC(F)(F)F)C2CC2)C1=O. The third kappa shape index (κ3) is 5.23. The summed E-state index contributed by atoms with van der Waals surface area (Å²) < 4.78 is 38.6. The molecule has 2 fully saturated rings. The first-order valence-corrected chi connectivity index (χ1v) is 10.6. The Bertz CT molecular complexity index is 675. The molecule has 1 saturated carbocycles. The molecule has 1 aliphatic carbocycles. The number of alkyl halides is 3. The van der Waals surface area contributed by atoms with Gasteiger partial charge in [0.1, 0.15) is 0 Å². The molecule has 1 heterocycles. The van der Waals surface area contributed by atoms with Crippen molar-refractivity contribution in [2.45, 2.75) is 49.7 Å². The van der Waals surface area contributed by atoms with Crippen molar-refractivity contribution in [3.05, 3.63) is 47.5 Å². The molecule has 3 atom stereocenters. The number of halogens is 4. The fraction of sp³-hybridized carbons (Fsp3) is 0.550. The van der Waals surface area contributed by atoms with Gasteiger partial charge in [-0.25, -0.2) is 0 Å². The Morgan fingerprint density at radius 1 is 1.22 bits per heavy atom. The van der Waals surface area contributed by atoms with Gasteiger partial charge in [0.25, 0.3) is 0 Å². The fourth-order valence-corrected chi connectivity index (χ4v) is 4.84. The Morgan fingerprint density at radius 2 is 1.89 bits per heavy atom. The fourth-order valence-electron chi connectivity index (χ4n) is 3.92. The van der Waals surface area contributed by atoms with Gasteiger partial charge < -0.3 is 4.90 Å². The highest BCUT2D eigenvalue weighted by Crippen LogP contribution is 2.46. The molecule has 0 N–H and O–H groups in total. The molecule has 2 aliphatic rings. The summed E-state index contributed by atoms with van der Waals surface area (Å²) in [6, 6.07) is 6.70. The summed E-state index contributed by atoms with van der Waals surface area (Å²) in [6.45, 7) is 3.72. The van der Waals surface area contributed by atoms with Crippen LogP contribution in [0.2, 0.25) is 5.02 Å². The number of hydrogen-bond acceptors (Lipinski definition) is 2. The molecule has 7 heteroatoms. The van der Waals surface area contributed by atoms with Gasteiger partial charge in [-0.05, 0) is 67.5 Å². The maximum atomic E-state index is 13.2. The number of benzene rings is 1. The summed E-state index contributed by atoms with van der Waals surface area (Å²) >= 11 is 5.97. The average molecular weight is 418 g/mol. The van der Waals surface area contributed by atoms with Gasteiger partial charge in [0.15, 0.2) is 0 Å². The zero-order valence-corrected chi connectivity index (χ0v) is 16.5. The molecule has 1 amide bonds. The van der Waals surface area contributed by atoms with Crippen LogP contribution < -0.4 is 0 Å². The Balaban J connectivity index is 1.90. The lowest BCUT2D eigenvalue weighted by Crippen LogP contribution is -2.51. The van der Waals surface area contributed by atoms with E-state index in [1.807, 2.05) is 12.1 Å². The van der Waals surface area contributed by atoms with E-state index in [2.05, 4.69) is 6.58 Å². The summed E-state index contributed by atoms with van der Waals surface area (Å²) in [4.78, 5) is 15.0. The number of amides is 1. The number of thioether (sulfide) groups is 1. The molecule has 27 heavy (non-hydrogen) atoms. The van der Waals surface area contributed by atoms with E-state index in [0.717, 1.165) is 31.2 Å². The number of hydrogen-bond donors (Lipinski definition) is 0. The molecule has 1 aromatic carbocycles. The van der Waals surface area contributed by atoms with Crippen LogP contribution in [0.25, 0.3) is 0 Å². The van der Waals surface area contributed by atoms with E-state index in [-0.39, 0.29) is 41.3 Å². The van der Waals surface area contributed by atoms with E-state index in [1.165, 1.54) is 0 Å². The minimum Gasteiger partial charge on any atom is -0.331 e. The Hall–Kier alpha value is -1.14. The molecule has 0 aromatic heterocycles. The zero-order chi connectivity index (χ0) is 19.6. The molecule has 2 nitrogen and oxygen atoms in total. The summed E-state index contributed by atoms with van der Waals surface area (Å²) in [5, 5.41) is 0.600. The molecule has 148 valence electrons. The molecule has 0 radical (unpaired) electrons. The van der Waals surface area contributed by atoms with Crippen LogP contribution in [-0.4, -0.2) is 28.1 Å². The minimum atomic E-state index is -4.29. The van der Waals surface area contributed by atoms with Crippen LogP contribution in [0.15, 0.2) is 36.9 Å². The van der Waals surface area contributed by atoms with Crippen LogP contribution in [0.5, 0.6) is 0 Å². The van der Waals surface area contributed by atoms with Gasteiger partial charge in [-0.1, -0.05) is 29.8 Å². The Morgan fingerprint density at radius 3 is 2.44 bits per heavy atom. The van der Waals surface area contributed by atoms with Gasteiger partial charge in [0.05, 0.1) is 6.04 Å². The Labute approximate surface area is 167 Å². The van der Waals surface area contributed by atoms with Crippen molar-refractivity contribution in [3.63, 3.8) is 0 Å². The predicted octanol–water partition coefficient (Wildman–Crippen LogP) is 6.23. The first-order valence-electron chi connectivity index (χ1n) is 9.19. The van der Waals surface area contributed by atoms with E-state index >= 15 is 0 Å². The number of nitrogens with zero attached hydrogens (tertiary/aromatic N) is 1. The highest BCUT2D eigenvalue weighted by molar-refractivity contribution is 8.00. The number of likely N-dealkylation sites (tertiary alicyclic amines) is 1. The van der Waals surface area contributed by atoms with Gasteiger partial charge >= 0.3 is 5.51 Å². The average Bonchev–Trinajstić information content (AvgIpc) is 3.43. The second kappa shape index (κ2) is 8.48. The number of carbonyl (C=O) groups excluding carboxylic acids is 1. The van der Waals surface area contributed by atoms with E-state index in [4.69, 9.17) is 11.6 Å². The highest BCUT2D eigenvalue weighted by Gasteiger charge is 2.46. The van der Waals surface area contributed by atoms with Crippen LogP contribution in [0.4, 0.5) is 13.2 Å². The number of rotatable bonds is 7. The lowest BCUT2D eigenvalue weighted by molar-refractivity contribution is -0.145. The second-order valence-corrected chi connectivity index (χ2v) is 8.79. The monoisotopic (exact) mass is 417 g/mol. The predicted molar refractivity (Wildman–Crippen MR) is 104 cm³/mol. The third-order valence-electron chi connectivity index (χ3n) is 5.38. The molecule has 3 rings (SSSR count). The van der Waals surface area contributed by atoms with Crippen molar-refractivity contribution in [2.24, 2.45) is 11.8 Å². The summed E-state index contributed by atoms with van der Waals surface area (Å²) in [7, 11) is 0. The summed E-state index contributed by atoms with van der Waals surface area (Å²) in [5.74, 6) is -0.185. The summed E-state index contributed by atoms with van der Waals surface area (Å²) in [6.07, 6.45) is 5.51. The second-order valence-electron chi connectivity index (χ2n) is 7.27. The molecule has 0 bridgehead atoms. The maximum absolute atomic E-state index is 13.2. The van der Waals surface area contributed by atoms with Crippen molar-refractivity contribution >= 4 is 29.3 Å². The Kier molecular flexibility index (Phi) is 6.46. The molecular formula is C20H23ClF3NOS. The van der Waals surface area contributed by atoms with Gasteiger partial charge in [0.2, 0.25) is 5.91 Å². The van der Waals surface area contributed by atoms with E-state index < -0.39 is 11.6 Å². The number of allylic oxidation sites excluding steroid dienone is 1. The van der Waals surface area contributed by atoms with Crippen molar-refractivity contribution in [2.75, 3.05) is 5.75 Å². The molecule has 1 saturated heterocycles. The third-order valence-corrected chi connectivity index (χ3v) is 6.46. The maximum Gasteiger partial charge on any atom is 0.441 e. The number of piperidine rings is 1. The van der Waals surface area contributed by atoms with Gasteiger partial charge in [0, 0.05) is 22.7 Å². The lowest BCUT2D eigenvalue weighted by Gasteiger charge is -2.44. The lowest BCUT2D eigenvalue weighted by atomic mass is 9.85. The molecule has 0 spiro atoms. The quantitative estimate of drug-likeness (QED) is 0.490. The normalized spacial score (nSPS) is 24.7. The largest absolute Gasteiger partial charge is 0.441 e. The first kappa shape index (κ1) is 20.6. The highest BCUT2D eigenvalue weighted by atomic mass is 35.5. The van der Waals surface area contributed by atoms with Crippen LogP contribution in [-0.2, 0) is 4.79 Å². The molecule has 2 unspecified atom stereocenters. The van der Waals surface area contributed by atoms with Crippen molar-refractivity contribution in [3.8, 4) is 0 Å². The molecule has 1 aliphatic heterocycles. The van der Waals surface area contributed by atoms with E-state index in [1.54, 1.807) is 23.1 Å². The topological polar surface area (TPSA) is 20.3 Å². The van der Waals surface area contributed by atoms with Crippen molar-refractivity contribution in [1.82, 2.24) is 4.90 Å². The van der Waals surface area contributed by atoms with Gasteiger partial charge in [-0.15, -0.1) is 6.58 Å². The summed E-state index contributed by atoms with van der Waals surface area (Å²) in [5.41, 5.74) is -3.35. The van der Waals surface area contributed by atoms with Crippen LogP contribution in [0.1, 0.15) is 43.7 Å². The van der Waals surface area contributed by atoms with E-state index in [9.17, 15) is 18.0 Å². The van der Waals surface area contributed by atoms with Crippen LogP contribution >= 0.6 is 23.4 Å². The standard InChI is InChI=1S/C20H23ClF3NOS/c1-2-3-15-8-11-17(13-6-9-16(21)10-7-13)25(19(15)26)18(14-4-5-14)12-27-20(22,23)24/h2,6-7,9-10,14-15,17-18H,1,3-5,8,11-12H2/t15-,17?,18?/m0/s1. The van der Waals surface area contributed by atoms with Crippen molar-refractivity contribution in [1.29, 1.82) is 0 Å².